The number of ether oxygens (including phenoxy) is 1. The highest BCUT2D eigenvalue weighted by Gasteiger charge is 2.08. The Balaban J connectivity index is 1.91. The van der Waals surface area contributed by atoms with Gasteiger partial charge in [-0.2, -0.15) is 0 Å². The molecule has 0 saturated carbocycles. The van der Waals surface area contributed by atoms with Crippen LogP contribution >= 0.6 is 0 Å². The third-order valence-electron chi connectivity index (χ3n) is 3.30. The van der Waals surface area contributed by atoms with E-state index in [0.29, 0.717) is 5.56 Å². The SMILES string of the molecule is COc1cccc(CCNc2cncc(C(=O)NC(C)C)c2)c1. The highest BCUT2D eigenvalue weighted by molar-refractivity contribution is 5.94. The minimum atomic E-state index is -0.107. The second-order valence-electron chi connectivity index (χ2n) is 5.62. The van der Waals surface area contributed by atoms with Crippen molar-refractivity contribution < 1.29 is 9.53 Å². The fraction of sp³-hybridized carbons (Fsp3) is 0.333. The lowest BCUT2D eigenvalue weighted by Crippen LogP contribution is -2.30. The molecule has 2 aromatic rings. The van der Waals surface area contributed by atoms with Crippen LogP contribution in [-0.4, -0.2) is 30.6 Å². The molecular formula is C18H23N3O2. The average Bonchev–Trinajstić information content (AvgIpc) is 2.55. The molecule has 2 N–H and O–H groups in total. The summed E-state index contributed by atoms with van der Waals surface area (Å²) >= 11 is 0. The number of benzene rings is 1. The third-order valence-corrected chi connectivity index (χ3v) is 3.30. The van der Waals surface area contributed by atoms with Crippen LogP contribution in [0.5, 0.6) is 5.75 Å². The third kappa shape index (κ3) is 5.29. The quantitative estimate of drug-likeness (QED) is 0.825. The van der Waals surface area contributed by atoms with Gasteiger partial charge >= 0.3 is 0 Å². The number of methoxy groups -OCH3 is 1. The summed E-state index contributed by atoms with van der Waals surface area (Å²) in [6.45, 7) is 4.62. The van der Waals surface area contributed by atoms with Crippen molar-refractivity contribution in [2.45, 2.75) is 26.3 Å². The van der Waals surface area contributed by atoms with Crippen LogP contribution in [-0.2, 0) is 6.42 Å². The number of aromatic nitrogens is 1. The smallest absolute Gasteiger partial charge is 0.253 e. The van der Waals surface area contributed by atoms with Crippen molar-refractivity contribution in [2.75, 3.05) is 19.0 Å². The Hall–Kier alpha value is -2.56. The van der Waals surface area contributed by atoms with Gasteiger partial charge < -0.3 is 15.4 Å². The van der Waals surface area contributed by atoms with E-state index in [1.807, 2.05) is 38.1 Å². The number of hydrogen-bond donors (Lipinski definition) is 2. The zero-order valence-electron chi connectivity index (χ0n) is 13.8. The van der Waals surface area contributed by atoms with Gasteiger partial charge in [0.1, 0.15) is 5.75 Å². The maximum absolute atomic E-state index is 12.0. The van der Waals surface area contributed by atoms with Crippen molar-refractivity contribution in [3.8, 4) is 5.75 Å². The first-order chi connectivity index (χ1) is 11.1. The minimum Gasteiger partial charge on any atom is -0.497 e. The summed E-state index contributed by atoms with van der Waals surface area (Å²) in [5.41, 5.74) is 2.59. The summed E-state index contributed by atoms with van der Waals surface area (Å²) in [5.74, 6) is 0.750. The van der Waals surface area contributed by atoms with Crippen molar-refractivity contribution >= 4 is 11.6 Å². The molecule has 1 heterocycles. The van der Waals surface area contributed by atoms with Crippen LogP contribution in [0.3, 0.4) is 0 Å². The minimum absolute atomic E-state index is 0.104. The highest BCUT2D eigenvalue weighted by Crippen LogP contribution is 2.14. The lowest BCUT2D eigenvalue weighted by Gasteiger charge is -2.10. The van der Waals surface area contributed by atoms with Crippen LogP contribution < -0.4 is 15.4 Å². The van der Waals surface area contributed by atoms with Crippen LogP contribution in [0.25, 0.3) is 0 Å². The fourth-order valence-electron chi connectivity index (χ4n) is 2.19. The Morgan fingerprint density at radius 3 is 2.83 bits per heavy atom. The van der Waals surface area contributed by atoms with E-state index in [4.69, 9.17) is 4.74 Å². The molecule has 0 radical (unpaired) electrons. The topological polar surface area (TPSA) is 63.2 Å². The van der Waals surface area contributed by atoms with E-state index in [1.165, 1.54) is 5.56 Å². The van der Waals surface area contributed by atoms with E-state index in [1.54, 1.807) is 19.5 Å². The molecule has 0 bridgehead atoms. The zero-order valence-corrected chi connectivity index (χ0v) is 13.8. The molecule has 0 unspecified atom stereocenters. The zero-order chi connectivity index (χ0) is 16.7. The van der Waals surface area contributed by atoms with Crippen LogP contribution in [0.4, 0.5) is 5.69 Å². The van der Waals surface area contributed by atoms with Crippen molar-refractivity contribution in [1.29, 1.82) is 0 Å². The summed E-state index contributed by atoms with van der Waals surface area (Å²) in [5, 5.41) is 6.16. The number of carbonyl (C=O) groups is 1. The second-order valence-corrected chi connectivity index (χ2v) is 5.62. The molecule has 1 amide bonds. The van der Waals surface area contributed by atoms with Gasteiger partial charge in [0.25, 0.3) is 5.91 Å². The molecule has 0 aliphatic heterocycles. The summed E-state index contributed by atoms with van der Waals surface area (Å²) in [7, 11) is 1.66. The number of nitrogens with one attached hydrogen (secondary N) is 2. The Labute approximate surface area is 137 Å². The van der Waals surface area contributed by atoms with Gasteiger partial charge in [-0.25, -0.2) is 0 Å². The van der Waals surface area contributed by atoms with Gasteiger partial charge in [-0.15, -0.1) is 0 Å². The maximum atomic E-state index is 12.0. The molecule has 0 fully saturated rings. The molecule has 1 aromatic heterocycles. The molecule has 2 rings (SSSR count). The normalized spacial score (nSPS) is 10.4. The number of anilines is 1. The molecule has 122 valence electrons. The Kier molecular flexibility index (Phi) is 5.97. The van der Waals surface area contributed by atoms with Crippen LogP contribution in [0.1, 0.15) is 29.8 Å². The summed E-state index contributed by atoms with van der Waals surface area (Å²) < 4.78 is 5.22. The van der Waals surface area contributed by atoms with Crippen LogP contribution in [0.2, 0.25) is 0 Å². The van der Waals surface area contributed by atoms with Crippen LogP contribution in [0.15, 0.2) is 42.7 Å². The largest absolute Gasteiger partial charge is 0.497 e. The molecule has 0 spiro atoms. The van der Waals surface area contributed by atoms with E-state index < -0.39 is 0 Å². The molecule has 1 aromatic carbocycles. The first-order valence-corrected chi connectivity index (χ1v) is 7.71. The number of pyridine rings is 1. The standard InChI is InChI=1S/C18H23N3O2/c1-13(2)21-18(22)15-10-16(12-19-11-15)20-8-7-14-5-4-6-17(9-14)23-3/h4-6,9-13,20H,7-8H2,1-3H3,(H,21,22). The maximum Gasteiger partial charge on any atom is 0.253 e. The summed E-state index contributed by atoms with van der Waals surface area (Å²) in [6.07, 6.45) is 4.16. The fourth-order valence-corrected chi connectivity index (χ4v) is 2.19. The van der Waals surface area contributed by atoms with Crippen LogP contribution in [0, 0.1) is 0 Å². The van der Waals surface area contributed by atoms with Crippen molar-refractivity contribution in [3.05, 3.63) is 53.9 Å². The Bertz CT molecular complexity index is 656. The molecular weight excluding hydrogens is 290 g/mol. The lowest BCUT2D eigenvalue weighted by atomic mass is 10.1. The Morgan fingerprint density at radius 2 is 2.09 bits per heavy atom. The predicted molar refractivity (Wildman–Crippen MR) is 92.0 cm³/mol. The van der Waals surface area contributed by atoms with Crippen molar-refractivity contribution in [2.24, 2.45) is 0 Å². The predicted octanol–water partition coefficient (Wildman–Crippen LogP) is 2.88. The summed E-state index contributed by atoms with van der Waals surface area (Å²) in [4.78, 5) is 16.1. The average molecular weight is 313 g/mol. The van der Waals surface area contributed by atoms with Gasteiger partial charge in [0.2, 0.25) is 0 Å². The van der Waals surface area contributed by atoms with E-state index in [-0.39, 0.29) is 11.9 Å². The van der Waals surface area contributed by atoms with Gasteiger partial charge in [0.05, 0.1) is 18.4 Å². The molecule has 23 heavy (non-hydrogen) atoms. The molecule has 0 atom stereocenters. The summed E-state index contributed by atoms with van der Waals surface area (Å²) in [6, 6.07) is 9.91. The highest BCUT2D eigenvalue weighted by atomic mass is 16.5. The first kappa shape index (κ1) is 16.8. The van der Waals surface area contributed by atoms with Gasteiger partial charge in [-0.05, 0) is 44.0 Å². The van der Waals surface area contributed by atoms with Gasteiger partial charge in [0, 0.05) is 25.0 Å². The molecule has 5 heteroatoms. The molecule has 0 aliphatic rings. The van der Waals surface area contributed by atoms with E-state index >= 15 is 0 Å². The number of amides is 1. The van der Waals surface area contributed by atoms with E-state index in [9.17, 15) is 4.79 Å². The first-order valence-electron chi connectivity index (χ1n) is 7.71. The monoisotopic (exact) mass is 313 g/mol. The number of nitrogens with zero attached hydrogens (tertiary/aromatic N) is 1. The molecule has 0 aliphatic carbocycles. The van der Waals surface area contributed by atoms with E-state index in [0.717, 1.165) is 24.4 Å². The number of hydrogen-bond acceptors (Lipinski definition) is 4. The van der Waals surface area contributed by atoms with E-state index in [2.05, 4.69) is 21.7 Å². The van der Waals surface area contributed by atoms with Gasteiger partial charge in [-0.3, -0.25) is 9.78 Å². The second kappa shape index (κ2) is 8.17. The molecule has 0 saturated heterocycles. The van der Waals surface area contributed by atoms with Crippen molar-refractivity contribution in [1.82, 2.24) is 10.3 Å². The lowest BCUT2D eigenvalue weighted by molar-refractivity contribution is 0.0943. The molecule has 5 nitrogen and oxygen atoms in total. The number of carbonyl (C=O) groups excluding carboxylic acids is 1. The Morgan fingerprint density at radius 1 is 1.26 bits per heavy atom. The van der Waals surface area contributed by atoms with Gasteiger partial charge in [-0.1, -0.05) is 12.1 Å². The number of rotatable bonds is 7. The van der Waals surface area contributed by atoms with Crippen molar-refractivity contribution in [3.63, 3.8) is 0 Å². The van der Waals surface area contributed by atoms with Gasteiger partial charge in [0.15, 0.2) is 0 Å².